The molecule has 0 atom stereocenters. The first kappa shape index (κ1) is 18.4. The molecule has 0 saturated heterocycles. The second-order valence-electron chi connectivity index (χ2n) is 6.38. The molecule has 1 aromatic carbocycles. The summed E-state index contributed by atoms with van der Waals surface area (Å²) in [6, 6.07) is 9.61. The molecule has 0 fully saturated rings. The number of rotatable bonds is 7. The van der Waals surface area contributed by atoms with Crippen molar-refractivity contribution < 1.29 is 14.7 Å². The van der Waals surface area contributed by atoms with Gasteiger partial charge in [-0.3, -0.25) is 19.0 Å². The van der Waals surface area contributed by atoms with Crippen LogP contribution in [0.3, 0.4) is 0 Å². The zero-order chi connectivity index (χ0) is 19.4. The summed E-state index contributed by atoms with van der Waals surface area (Å²) in [4.78, 5) is 23.0. The van der Waals surface area contributed by atoms with Gasteiger partial charge in [0.15, 0.2) is 0 Å². The van der Waals surface area contributed by atoms with Crippen molar-refractivity contribution in [2.24, 2.45) is 0 Å². The second kappa shape index (κ2) is 7.86. The minimum absolute atomic E-state index is 0.0445. The number of aliphatic carboxylic acids is 1. The molecular weight excluding hydrogens is 346 g/mol. The monoisotopic (exact) mass is 367 g/mol. The lowest BCUT2D eigenvalue weighted by Crippen LogP contribution is -2.12. The summed E-state index contributed by atoms with van der Waals surface area (Å²) in [5.41, 5.74) is 4.13. The van der Waals surface area contributed by atoms with Crippen LogP contribution in [0.1, 0.15) is 33.7 Å². The molecule has 0 spiro atoms. The summed E-state index contributed by atoms with van der Waals surface area (Å²) in [7, 11) is 0. The standard InChI is InChI=1S/C19H21N5O3/c1-13-8-14(2)24(22-13)11-15-4-3-5-17(9-15)21-19(27)16-10-20-23(12-16)7-6-18(25)26/h3-5,8-10,12H,6-7,11H2,1-2H3,(H,21,27)(H,25,26). The highest BCUT2D eigenvalue weighted by Gasteiger charge is 2.10. The normalized spacial score (nSPS) is 10.7. The molecule has 0 aliphatic carbocycles. The van der Waals surface area contributed by atoms with Gasteiger partial charge in [-0.05, 0) is 37.6 Å². The highest BCUT2D eigenvalue weighted by molar-refractivity contribution is 6.03. The van der Waals surface area contributed by atoms with E-state index in [0.717, 1.165) is 17.0 Å². The van der Waals surface area contributed by atoms with E-state index >= 15 is 0 Å². The quantitative estimate of drug-likeness (QED) is 0.668. The minimum atomic E-state index is -0.907. The molecule has 0 aliphatic rings. The van der Waals surface area contributed by atoms with Crippen LogP contribution < -0.4 is 5.32 Å². The van der Waals surface area contributed by atoms with Gasteiger partial charge < -0.3 is 10.4 Å². The van der Waals surface area contributed by atoms with Crippen LogP contribution in [0.2, 0.25) is 0 Å². The largest absolute Gasteiger partial charge is 0.481 e. The van der Waals surface area contributed by atoms with Gasteiger partial charge in [-0.25, -0.2) is 0 Å². The Morgan fingerprint density at radius 2 is 2.04 bits per heavy atom. The Balaban J connectivity index is 1.66. The van der Waals surface area contributed by atoms with E-state index in [4.69, 9.17) is 5.11 Å². The molecule has 2 N–H and O–H groups in total. The van der Waals surface area contributed by atoms with Crippen molar-refractivity contribution in [3.8, 4) is 0 Å². The lowest BCUT2D eigenvalue weighted by molar-refractivity contribution is -0.137. The number of carboxylic acid groups (broad SMARTS) is 1. The van der Waals surface area contributed by atoms with Crippen LogP contribution in [-0.2, 0) is 17.9 Å². The molecule has 140 valence electrons. The summed E-state index contributed by atoms with van der Waals surface area (Å²) in [6.45, 7) is 4.81. The van der Waals surface area contributed by atoms with Gasteiger partial charge in [0.1, 0.15) is 0 Å². The van der Waals surface area contributed by atoms with Crippen LogP contribution in [0.25, 0.3) is 0 Å². The molecule has 0 unspecified atom stereocenters. The van der Waals surface area contributed by atoms with Crippen molar-refractivity contribution in [2.45, 2.75) is 33.4 Å². The Morgan fingerprint density at radius 1 is 1.22 bits per heavy atom. The van der Waals surface area contributed by atoms with Gasteiger partial charge in [-0.15, -0.1) is 0 Å². The zero-order valence-electron chi connectivity index (χ0n) is 15.2. The maximum atomic E-state index is 12.4. The summed E-state index contributed by atoms with van der Waals surface area (Å²) in [5, 5.41) is 20.0. The van der Waals surface area contributed by atoms with E-state index in [1.54, 1.807) is 0 Å². The van der Waals surface area contributed by atoms with Crippen molar-refractivity contribution in [1.82, 2.24) is 19.6 Å². The fraction of sp³-hybridized carbons (Fsp3) is 0.263. The predicted octanol–water partition coefficient (Wildman–Crippen LogP) is 2.47. The molecule has 2 aromatic heterocycles. The summed E-state index contributed by atoms with van der Waals surface area (Å²) in [6.07, 6.45) is 2.92. The molecule has 0 radical (unpaired) electrons. The van der Waals surface area contributed by atoms with Gasteiger partial charge >= 0.3 is 5.97 Å². The molecule has 8 heteroatoms. The van der Waals surface area contributed by atoms with Crippen LogP contribution in [0.15, 0.2) is 42.7 Å². The Labute approximate surface area is 156 Å². The highest BCUT2D eigenvalue weighted by Crippen LogP contribution is 2.14. The number of aromatic nitrogens is 4. The number of nitrogens with one attached hydrogen (secondary N) is 1. The number of benzene rings is 1. The lowest BCUT2D eigenvalue weighted by Gasteiger charge is -2.08. The van der Waals surface area contributed by atoms with E-state index in [1.165, 1.54) is 17.1 Å². The Bertz CT molecular complexity index is 973. The van der Waals surface area contributed by atoms with Gasteiger partial charge in [0.05, 0.1) is 37.0 Å². The average molecular weight is 367 g/mol. The Hall–Kier alpha value is -3.42. The van der Waals surface area contributed by atoms with Crippen LogP contribution in [-0.4, -0.2) is 36.5 Å². The maximum absolute atomic E-state index is 12.4. The SMILES string of the molecule is Cc1cc(C)n(Cc2cccc(NC(=O)c3cnn(CCC(=O)O)c3)c2)n1. The average Bonchev–Trinajstić information content (AvgIpc) is 3.20. The first-order chi connectivity index (χ1) is 12.9. The number of carbonyl (C=O) groups excluding carboxylic acids is 1. The number of amides is 1. The third kappa shape index (κ3) is 4.81. The zero-order valence-corrected chi connectivity index (χ0v) is 15.2. The number of hydrogen-bond donors (Lipinski definition) is 2. The van der Waals surface area contributed by atoms with E-state index in [-0.39, 0.29) is 18.9 Å². The Kier molecular flexibility index (Phi) is 5.35. The number of nitrogens with zero attached hydrogens (tertiary/aromatic N) is 4. The minimum Gasteiger partial charge on any atom is -0.481 e. The topological polar surface area (TPSA) is 102 Å². The first-order valence-corrected chi connectivity index (χ1v) is 8.56. The van der Waals surface area contributed by atoms with E-state index in [0.29, 0.717) is 17.8 Å². The number of anilines is 1. The van der Waals surface area contributed by atoms with Crippen molar-refractivity contribution in [1.29, 1.82) is 0 Å². The molecule has 3 rings (SSSR count). The molecule has 2 heterocycles. The fourth-order valence-electron chi connectivity index (χ4n) is 2.77. The fourth-order valence-corrected chi connectivity index (χ4v) is 2.77. The van der Waals surface area contributed by atoms with Gasteiger partial charge in [0, 0.05) is 17.6 Å². The van der Waals surface area contributed by atoms with Crippen molar-refractivity contribution in [2.75, 3.05) is 5.32 Å². The van der Waals surface area contributed by atoms with Crippen molar-refractivity contribution >= 4 is 17.6 Å². The smallest absolute Gasteiger partial charge is 0.305 e. The van der Waals surface area contributed by atoms with E-state index in [1.807, 2.05) is 48.9 Å². The van der Waals surface area contributed by atoms with Gasteiger partial charge in [-0.2, -0.15) is 10.2 Å². The number of aryl methyl sites for hydroxylation is 3. The molecular formula is C19H21N5O3. The van der Waals surface area contributed by atoms with Crippen LogP contribution >= 0.6 is 0 Å². The Morgan fingerprint density at radius 3 is 2.74 bits per heavy atom. The van der Waals surface area contributed by atoms with Crippen LogP contribution in [0.4, 0.5) is 5.69 Å². The molecule has 1 amide bonds. The van der Waals surface area contributed by atoms with Gasteiger partial charge in [-0.1, -0.05) is 12.1 Å². The first-order valence-electron chi connectivity index (χ1n) is 8.56. The third-order valence-electron chi connectivity index (χ3n) is 4.07. The maximum Gasteiger partial charge on any atom is 0.305 e. The summed E-state index contributed by atoms with van der Waals surface area (Å²) in [5.74, 6) is -1.20. The number of carboxylic acids is 1. The third-order valence-corrected chi connectivity index (χ3v) is 4.07. The van der Waals surface area contributed by atoms with E-state index in [9.17, 15) is 9.59 Å². The predicted molar refractivity (Wildman–Crippen MR) is 99.7 cm³/mol. The molecule has 8 nitrogen and oxygen atoms in total. The van der Waals surface area contributed by atoms with Crippen LogP contribution in [0, 0.1) is 13.8 Å². The van der Waals surface area contributed by atoms with Gasteiger partial charge in [0.25, 0.3) is 5.91 Å². The van der Waals surface area contributed by atoms with E-state index in [2.05, 4.69) is 15.5 Å². The van der Waals surface area contributed by atoms with Gasteiger partial charge in [0.2, 0.25) is 0 Å². The molecule has 27 heavy (non-hydrogen) atoms. The highest BCUT2D eigenvalue weighted by atomic mass is 16.4. The summed E-state index contributed by atoms with van der Waals surface area (Å²) < 4.78 is 3.37. The van der Waals surface area contributed by atoms with Crippen LogP contribution in [0.5, 0.6) is 0 Å². The number of carbonyl (C=O) groups is 2. The van der Waals surface area contributed by atoms with Crippen molar-refractivity contribution in [3.63, 3.8) is 0 Å². The molecule has 3 aromatic rings. The number of hydrogen-bond acceptors (Lipinski definition) is 4. The second-order valence-corrected chi connectivity index (χ2v) is 6.38. The molecule has 0 bridgehead atoms. The molecule has 0 saturated carbocycles. The lowest BCUT2D eigenvalue weighted by atomic mass is 10.2. The van der Waals surface area contributed by atoms with E-state index < -0.39 is 5.97 Å². The van der Waals surface area contributed by atoms with Crippen molar-refractivity contribution in [3.05, 3.63) is 65.2 Å². The molecule has 0 aliphatic heterocycles. The summed E-state index contributed by atoms with van der Waals surface area (Å²) >= 11 is 0.